The maximum Gasteiger partial charge on any atom is 0.315 e. The van der Waals surface area contributed by atoms with Gasteiger partial charge in [-0.15, -0.1) is 0 Å². The van der Waals surface area contributed by atoms with E-state index < -0.39 is 29.4 Å². The Bertz CT molecular complexity index is 672. The Hall–Kier alpha value is -2.61. The maximum atomic E-state index is 12.6. The van der Waals surface area contributed by atoms with E-state index in [9.17, 15) is 19.5 Å². The van der Waals surface area contributed by atoms with Crippen LogP contribution in [0.4, 0.5) is 4.79 Å². The Morgan fingerprint density at radius 1 is 1.11 bits per heavy atom. The van der Waals surface area contributed by atoms with E-state index in [1.807, 2.05) is 44.2 Å². The van der Waals surface area contributed by atoms with Crippen LogP contribution in [0.3, 0.4) is 0 Å². The van der Waals surface area contributed by atoms with E-state index in [1.165, 1.54) is 0 Å². The molecule has 1 saturated heterocycles. The molecule has 2 rings (SSSR count). The third-order valence-corrected chi connectivity index (χ3v) is 5.04. The summed E-state index contributed by atoms with van der Waals surface area (Å²) < 4.78 is 5.24. The van der Waals surface area contributed by atoms with Crippen molar-refractivity contribution in [1.29, 1.82) is 0 Å². The van der Waals surface area contributed by atoms with Gasteiger partial charge in [0.25, 0.3) is 0 Å². The van der Waals surface area contributed by atoms with E-state index in [0.717, 1.165) is 5.56 Å². The summed E-state index contributed by atoms with van der Waals surface area (Å²) in [6, 6.07) is 8.24. The van der Waals surface area contributed by atoms with Crippen LogP contribution < -0.4 is 16.0 Å². The van der Waals surface area contributed by atoms with Crippen LogP contribution in [0, 0.1) is 11.3 Å². The summed E-state index contributed by atoms with van der Waals surface area (Å²) in [6.45, 7) is 4.72. The molecule has 0 saturated carbocycles. The van der Waals surface area contributed by atoms with Gasteiger partial charge in [-0.1, -0.05) is 44.2 Å². The Labute approximate surface area is 165 Å². The normalized spacial score (nSPS) is 16.8. The second-order valence-electron chi connectivity index (χ2n) is 7.45. The molecule has 28 heavy (non-hydrogen) atoms. The summed E-state index contributed by atoms with van der Waals surface area (Å²) in [4.78, 5) is 36.5. The van der Waals surface area contributed by atoms with Crippen LogP contribution in [0.1, 0.15) is 32.3 Å². The summed E-state index contributed by atoms with van der Waals surface area (Å²) in [6.07, 6.45) is 0.694. The van der Waals surface area contributed by atoms with E-state index in [1.54, 1.807) is 0 Å². The van der Waals surface area contributed by atoms with Crippen molar-refractivity contribution >= 4 is 17.9 Å². The molecule has 8 heteroatoms. The average Bonchev–Trinajstić information content (AvgIpc) is 2.70. The molecule has 4 N–H and O–H groups in total. The number of aliphatic carboxylic acids is 1. The molecule has 0 bridgehead atoms. The van der Waals surface area contributed by atoms with Crippen molar-refractivity contribution in [1.82, 2.24) is 16.0 Å². The SMILES string of the molecule is CC(C)C(NC(=O)NCc1ccccc1)C(=O)NCC1(C(=O)O)CCOCC1. The van der Waals surface area contributed by atoms with Crippen molar-refractivity contribution in [2.45, 2.75) is 39.3 Å². The molecule has 0 radical (unpaired) electrons. The van der Waals surface area contributed by atoms with Gasteiger partial charge in [-0.2, -0.15) is 0 Å². The predicted octanol–water partition coefficient (Wildman–Crippen LogP) is 1.51. The number of carbonyl (C=O) groups is 3. The maximum absolute atomic E-state index is 12.6. The number of hydrogen-bond acceptors (Lipinski definition) is 4. The van der Waals surface area contributed by atoms with E-state index in [0.29, 0.717) is 32.6 Å². The van der Waals surface area contributed by atoms with Crippen molar-refractivity contribution in [2.24, 2.45) is 11.3 Å². The van der Waals surface area contributed by atoms with Crippen molar-refractivity contribution in [2.75, 3.05) is 19.8 Å². The fourth-order valence-electron chi connectivity index (χ4n) is 3.10. The van der Waals surface area contributed by atoms with Crippen molar-refractivity contribution < 1.29 is 24.2 Å². The smallest absolute Gasteiger partial charge is 0.315 e. The Balaban J connectivity index is 1.90. The lowest BCUT2D eigenvalue weighted by molar-refractivity contribution is -0.154. The standard InChI is InChI=1S/C20H29N3O5/c1-14(2)16(23-19(27)21-12-15-6-4-3-5-7-15)17(24)22-13-20(18(25)26)8-10-28-11-9-20/h3-7,14,16H,8-13H2,1-2H3,(H,22,24)(H,25,26)(H2,21,23,27). The Kier molecular flexibility index (Phi) is 7.80. The van der Waals surface area contributed by atoms with Gasteiger partial charge >= 0.3 is 12.0 Å². The topological polar surface area (TPSA) is 117 Å². The number of carboxylic acid groups (broad SMARTS) is 1. The third-order valence-electron chi connectivity index (χ3n) is 5.04. The highest BCUT2D eigenvalue weighted by Gasteiger charge is 2.41. The second kappa shape index (κ2) is 10.1. The first kappa shape index (κ1) is 21.7. The molecular formula is C20H29N3O5. The molecule has 154 valence electrons. The molecule has 3 amide bonds. The van der Waals surface area contributed by atoms with E-state index in [4.69, 9.17) is 4.74 Å². The number of benzene rings is 1. The fourth-order valence-corrected chi connectivity index (χ4v) is 3.10. The predicted molar refractivity (Wildman–Crippen MR) is 104 cm³/mol. The molecule has 1 heterocycles. The summed E-state index contributed by atoms with van der Waals surface area (Å²) in [5.41, 5.74) is -0.0727. The molecule has 1 atom stereocenters. The number of ether oxygens (including phenoxy) is 1. The monoisotopic (exact) mass is 391 g/mol. The second-order valence-corrected chi connectivity index (χ2v) is 7.45. The summed E-state index contributed by atoms with van der Waals surface area (Å²) in [7, 11) is 0. The van der Waals surface area contributed by atoms with Gasteiger partial charge in [0.1, 0.15) is 6.04 Å². The lowest BCUT2D eigenvalue weighted by Gasteiger charge is -2.34. The molecule has 1 aliphatic heterocycles. The lowest BCUT2D eigenvalue weighted by Crippen LogP contribution is -2.55. The summed E-state index contributed by atoms with van der Waals surface area (Å²) in [5, 5.41) is 17.7. The van der Waals surface area contributed by atoms with Gasteiger partial charge in [0.05, 0.1) is 5.41 Å². The van der Waals surface area contributed by atoms with Crippen molar-refractivity contribution in [3.05, 3.63) is 35.9 Å². The first-order valence-corrected chi connectivity index (χ1v) is 9.51. The van der Waals surface area contributed by atoms with Gasteiger partial charge in [0, 0.05) is 26.3 Å². The third kappa shape index (κ3) is 5.95. The van der Waals surface area contributed by atoms with Crippen LogP contribution in [-0.2, 0) is 20.9 Å². The highest BCUT2D eigenvalue weighted by molar-refractivity contribution is 5.87. The molecule has 0 aliphatic carbocycles. The lowest BCUT2D eigenvalue weighted by atomic mass is 9.80. The molecular weight excluding hydrogens is 362 g/mol. The van der Waals surface area contributed by atoms with Gasteiger partial charge in [-0.3, -0.25) is 9.59 Å². The minimum atomic E-state index is -1.02. The Morgan fingerprint density at radius 2 is 1.75 bits per heavy atom. The minimum absolute atomic E-state index is 0.0149. The quantitative estimate of drug-likeness (QED) is 0.536. The average molecular weight is 391 g/mol. The highest BCUT2D eigenvalue weighted by Crippen LogP contribution is 2.30. The van der Waals surface area contributed by atoms with Crippen LogP contribution in [0.5, 0.6) is 0 Å². The molecule has 1 fully saturated rings. The van der Waals surface area contributed by atoms with Gasteiger partial charge in [0.2, 0.25) is 5.91 Å². The number of hydrogen-bond donors (Lipinski definition) is 4. The fraction of sp³-hybridized carbons (Fsp3) is 0.550. The first-order valence-electron chi connectivity index (χ1n) is 9.51. The molecule has 1 aromatic carbocycles. The summed E-state index contributed by atoms with van der Waals surface area (Å²) >= 11 is 0. The van der Waals surface area contributed by atoms with Crippen LogP contribution in [0.2, 0.25) is 0 Å². The molecule has 8 nitrogen and oxygen atoms in total. The molecule has 1 unspecified atom stereocenters. The van der Waals surface area contributed by atoms with Crippen LogP contribution in [-0.4, -0.2) is 48.8 Å². The van der Waals surface area contributed by atoms with E-state index in [-0.39, 0.29) is 12.5 Å². The van der Waals surface area contributed by atoms with Crippen LogP contribution in [0.15, 0.2) is 30.3 Å². The number of nitrogens with one attached hydrogen (secondary N) is 3. The van der Waals surface area contributed by atoms with Crippen LogP contribution >= 0.6 is 0 Å². The van der Waals surface area contributed by atoms with E-state index >= 15 is 0 Å². The van der Waals surface area contributed by atoms with Crippen molar-refractivity contribution in [3.8, 4) is 0 Å². The number of urea groups is 1. The minimum Gasteiger partial charge on any atom is -0.481 e. The molecule has 0 aromatic heterocycles. The molecule has 1 aliphatic rings. The summed E-state index contributed by atoms with van der Waals surface area (Å²) in [5.74, 6) is -1.49. The zero-order valence-corrected chi connectivity index (χ0v) is 16.4. The van der Waals surface area contributed by atoms with Gasteiger partial charge in [-0.05, 0) is 24.3 Å². The number of carbonyl (C=O) groups excluding carboxylic acids is 2. The molecule has 0 spiro atoms. The van der Waals surface area contributed by atoms with E-state index in [2.05, 4.69) is 16.0 Å². The number of rotatable bonds is 8. The molecule has 1 aromatic rings. The van der Waals surface area contributed by atoms with Gasteiger partial charge in [-0.25, -0.2) is 4.79 Å². The van der Waals surface area contributed by atoms with Crippen LogP contribution in [0.25, 0.3) is 0 Å². The van der Waals surface area contributed by atoms with Crippen molar-refractivity contribution in [3.63, 3.8) is 0 Å². The first-order chi connectivity index (χ1) is 13.3. The Morgan fingerprint density at radius 3 is 2.32 bits per heavy atom. The van der Waals surface area contributed by atoms with Gasteiger partial charge in [0.15, 0.2) is 0 Å². The number of amides is 3. The van der Waals surface area contributed by atoms with Gasteiger partial charge < -0.3 is 25.8 Å². The highest BCUT2D eigenvalue weighted by atomic mass is 16.5. The largest absolute Gasteiger partial charge is 0.481 e. The zero-order chi connectivity index (χ0) is 20.6. The zero-order valence-electron chi connectivity index (χ0n) is 16.4. The number of carboxylic acids is 1.